The standard InChI is InChI=1S/C16H13BrF3NO2S/c17-11-3-4-12(10(5-11)7-24-8-16(18,19)20)14(22)13-6-21-23-15(13)9-1-2-9/h3-6,9H,1-2,7-8H2. The summed E-state index contributed by atoms with van der Waals surface area (Å²) in [5.41, 5.74) is 1.35. The van der Waals surface area contributed by atoms with Crippen molar-refractivity contribution in [1.29, 1.82) is 0 Å². The van der Waals surface area contributed by atoms with Gasteiger partial charge in [-0.1, -0.05) is 21.1 Å². The monoisotopic (exact) mass is 419 g/mol. The molecule has 0 bridgehead atoms. The first-order valence-corrected chi connectivity index (χ1v) is 9.22. The highest BCUT2D eigenvalue weighted by atomic mass is 79.9. The summed E-state index contributed by atoms with van der Waals surface area (Å²) in [4.78, 5) is 12.8. The third-order valence-corrected chi connectivity index (χ3v) is 5.17. The summed E-state index contributed by atoms with van der Waals surface area (Å²) < 4.78 is 43.0. The van der Waals surface area contributed by atoms with Crippen LogP contribution in [0.4, 0.5) is 13.2 Å². The van der Waals surface area contributed by atoms with Crippen molar-refractivity contribution in [2.45, 2.75) is 30.7 Å². The molecule has 0 radical (unpaired) electrons. The maximum Gasteiger partial charge on any atom is 0.397 e. The first-order chi connectivity index (χ1) is 11.3. The molecule has 1 aliphatic rings. The molecule has 0 N–H and O–H groups in total. The summed E-state index contributed by atoms with van der Waals surface area (Å²) >= 11 is 4.04. The van der Waals surface area contributed by atoms with Crippen molar-refractivity contribution in [3.8, 4) is 0 Å². The van der Waals surface area contributed by atoms with Crippen LogP contribution in [0, 0.1) is 0 Å². The zero-order chi connectivity index (χ0) is 17.3. The van der Waals surface area contributed by atoms with Gasteiger partial charge in [-0.3, -0.25) is 4.79 Å². The van der Waals surface area contributed by atoms with Crippen molar-refractivity contribution in [3.63, 3.8) is 0 Å². The molecule has 3 nitrogen and oxygen atoms in total. The summed E-state index contributed by atoms with van der Waals surface area (Å²) in [7, 11) is 0. The minimum atomic E-state index is -4.23. The Morgan fingerprint density at radius 1 is 1.33 bits per heavy atom. The fourth-order valence-corrected chi connectivity index (χ4v) is 3.58. The molecule has 24 heavy (non-hydrogen) atoms. The van der Waals surface area contributed by atoms with Crippen molar-refractivity contribution in [1.82, 2.24) is 5.16 Å². The van der Waals surface area contributed by atoms with Crippen molar-refractivity contribution in [3.05, 3.63) is 51.3 Å². The van der Waals surface area contributed by atoms with Crippen LogP contribution in [0.2, 0.25) is 0 Å². The maximum absolute atomic E-state index is 12.8. The van der Waals surface area contributed by atoms with Crippen molar-refractivity contribution in [2.75, 3.05) is 5.75 Å². The van der Waals surface area contributed by atoms with Gasteiger partial charge in [-0.15, -0.1) is 11.8 Å². The van der Waals surface area contributed by atoms with Crippen molar-refractivity contribution < 1.29 is 22.5 Å². The Bertz CT molecular complexity index is 756. The molecule has 128 valence electrons. The lowest BCUT2D eigenvalue weighted by Crippen LogP contribution is -2.11. The molecular weight excluding hydrogens is 407 g/mol. The Balaban J connectivity index is 1.84. The van der Waals surface area contributed by atoms with Gasteiger partial charge in [0.15, 0.2) is 11.5 Å². The minimum Gasteiger partial charge on any atom is -0.360 e. The summed E-state index contributed by atoms with van der Waals surface area (Å²) in [5.74, 6) is -0.298. The highest BCUT2D eigenvalue weighted by Crippen LogP contribution is 2.42. The van der Waals surface area contributed by atoms with Gasteiger partial charge in [0.25, 0.3) is 0 Å². The Morgan fingerprint density at radius 3 is 2.75 bits per heavy atom. The molecule has 0 atom stereocenters. The number of carbonyl (C=O) groups is 1. The van der Waals surface area contributed by atoms with Gasteiger partial charge in [-0.2, -0.15) is 13.2 Å². The Kier molecular flexibility index (Phi) is 5.05. The summed E-state index contributed by atoms with van der Waals surface area (Å²) in [5, 5.41) is 3.71. The van der Waals surface area contributed by atoms with E-state index >= 15 is 0 Å². The average molecular weight is 420 g/mol. The van der Waals surface area contributed by atoms with Crippen LogP contribution in [-0.2, 0) is 5.75 Å². The molecular formula is C16H13BrF3NO2S. The molecule has 2 aromatic rings. The van der Waals surface area contributed by atoms with Crippen LogP contribution >= 0.6 is 27.7 Å². The van der Waals surface area contributed by atoms with Crippen LogP contribution in [0.15, 0.2) is 33.4 Å². The molecule has 0 saturated heterocycles. The van der Waals surface area contributed by atoms with E-state index in [0.29, 0.717) is 22.5 Å². The average Bonchev–Trinajstić information content (AvgIpc) is 3.22. The third kappa shape index (κ3) is 4.22. The van der Waals surface area contributed by atoms with Crippen LogP contribution in [0.25, 0.3) is 0 Å². The van der Waals surface area contributed by atoms with Gasteiger partial charge < -0.3 is 4.52 Å². The van der Waals surface area contributed by atoms with E-state index in [2.05, 4.69) is 21.1 Å². The molecule has 1 heterocycles. The molecule has 1 aromatic heterocycles. The number of hydrogen-bond acceptors (Lipinski definition) is 4. The second kappa shape index (κ2) is 6.92. The van der Waals surface area contributed by atoms with E-state index in [4.69, 9.17) is 4.52 Å². The van der Waals surface area contributed by atoms with Crippen LogP contribution < -0.4 is 0 Å². The largest absolute Gasteiger partial charge is 0.397 e. The van der Waals surface area contributed by atoms with Crippen LogP contribution in [0.3, 0.4) is 0 Å². The molecule has 1 saturated carbocycles. The number of nitrogens with zero attached hydrogens (tertiary/aromatic N) is 1. The number of benzene rings is 1. The number of ketones is 1. The van der Waals surface area contributed by atoms with E-state index in [0.717, 1.165) is 29.1 Å². The maximum atomic E-state index is 12.8. The Hall–Kier alpha value is -1.28. The van der Waals surface area contributed by atoms with E-state index in [9.17, 15) is 18.0 Å². The lowest BCUT2D eigenvalue weighted by molar-refractivity contribution is -0.105. The number of alkyl halides is 3. The fourth-order valence-electron chi connectivity index (χ4n) is 2.38. The van der Waals surface area contributed by atoms with Gasteiger partial charge in [-0.25, -0.2) is 0 Å². The topological polar surface area (TPSA) is 43.1 Å². The summed E-state index contributed by atoms with van der Waals surface area (Å²) in [6.45, 7) is 0. The molecule has 8 heteroatoms. The molecule has 1 fully saturated rings. The molecule has 0 aliphatic heterocycles. The van der Waals surface area contributed by atoms with Gasteiger partial charge in [0.05, 0.1) is 17.5 Å². The highest BCUT2D eigenvalue weighted by Gasteiger charge is 2.33. The van der Waals surface area contributed by atoms with E-state index in [-0.39, 0.29) is 17.5 Å². The minimum absolute atomic E-state index is 0.101. The zero-order valence-electron chi connectivity index (χ0n) is 12.4. The molecule has 1 aromatic carbocycles. The molecule has 3 rings (SSSR count). The number of halogens is 4. The first-order valence-electron chi connectivity index (χ1n) is 7.27. The second-order valence-corrected chi connectivity index (χ2v) is 7.52. The van der Waals surface area contributed by atoms with Crippen molar-refractivity contribution >= 4 is 33.5 Å². The van der Waals surface area contributed by atoms with Gasteiger partial charge in [0, 0.05) is 21.7 Å². The quantitative estimate of drug-likeness (QED) is 0.592. The van der Waals surface area contributed by atoms with E-state index in [1.54, 1.807) is 18.2 Å². The highest BCUT2D eigenvalue weighted by molar-refractivity contribution is 9.10. The SMILES string of the molecule is O=C(c1ccc(Br)cc1CSCC(F)(F)F)c1cnoc1C1CC1. The smallest absolute Gasteiger partial charge is 0.360 e. The van der Waals surface area contributed by atoms with Crippen LogP contribution in [0.1, 0.15) is 46.0 Å². The molecule has 0 unspecified atom stereocenters. The van der Waals surface area contributed by atoms with Gasteiger partial charge in [0.2, 0.25) is 0 Å². The van der Waals surface area contributed by atoms with Gasteiger partial charge >= 0.3 is 6.18 Å². The summed E-state index contributed by atoms with van der Waals surface area (Å²) in [6, 6.07) is 5.01. The molecule has 1 aliphatic carbocycles. The Labute approximate surface area is 149 Å². The normalized spacial score (nSPS) is 14.8. The van der Waals surface area contributed by atoms with Gasteiger partial charge in [0.1, 0.15) is 0 Å². The second-order valence-electron chi connectivity index (χ2n) is 5.62. The summed E-state index contributed by atoms with van der Waals surface area (Å²) in [6.07, 6.45) is -0.909. The van der Waals surface area contributed by atoms with Crippen LogP contribution in [0.5, 0.6) is 0 Å². The van der Waals surface area contributed by atoms with E-state index < -0.39 is 11.9 Å². The fraction of sp³-hybridized carbons (Fsp3) is 0.375. The van der Waals surface area contributed by atoms with E-state index in [1.807, 2.05) is 0 Å². The number of hydrogen-bond donors (Lipinski definition) is 0. The predicted octanol–water partition coefficient (Wildman–Crippen LogP) is 5.34. The lowest BCUT2D eigenvalue weighted by Gasteiger charge is -2.10. The van der Waals surface area contributed by atoms with E-state index in [1.165, 1.54) is 6.20 Å². The number of rotatable bonds is 6. The lowest BCUT2D eigenvalue weighted by atomic mass is 9.99. The van der Waals surface area contributed by atoms with Crippen molar-refractivity contribution in [2.24, 2.45) is 0 Å². The zero-order valence-corrected chi connectivity index (χ0v) is 14.8. The Morgan fingerprint density at radius 2 is 2.08 bits per heavy atom. The number of carbonyl (C=O) groups excluding carboxylic acids is 1. The third-order valence-electron chi connectivity index (χ3n) is 3.63. The first kappa shape index (κ1) is 17.5. The molecule has 0 amide bonds. The predicted molar refractivity (Wildman–Crippen MR) is 88.3 cm³/mol. The number of aromatic nitrogens is 1. The van der Waals surface area contributed by atoms with Gasteiger partial charge in [-0.05, 0) is 36.6 Å². The molecule has 0 spiro atoms. The number of thioether (sulfide) groups is 1. The van der Waals surface area contributed by atoms with Crippen LogP contribution in [-0.4, -0.2) is 22.9 Å².